The number of carbonyl (C=O) groups is 4. The highest BCUT2D eigenvalue weighted by Gasteiger charge is 2.20. The van der Waals surface area contributed by atoms with Crippen molar-refractivity contribution in [1.29, 1.82) is 0 Å². The predicted molar refractivity (Wildman–Crippen MR) is 260 cm³/mol. The van der Waals surface area contributed by atoms with Crippen molar-refractivity contribution in [2.45, 2.75) is 0 Å². The average molecular weight is 924 g/mol. The predicted octanol–water partition coefficient (Wildman–Crippen LogP) is 8.84. The molecule has 0 radical (unpaired) electrons. The lowest BCUT2D eigenvalue weighted by Gasteiger charge is -2.10. The molecular weight excluding hydrogens is 883 g/mol. The van der Waals surface area contributed by atoms with Gasteiger partial charge in [0.1, 0.15) is 23.0 Å². The Balaban J connectivity index is 1.39. The van der Waals surface area contributed by atoms with Gasteiger partial charge in [0.25, 0.3) is 5.91 Å². The molecule has 8 bridgehead atoms. The van der Waals surface area contributed by atoms with Crippen molar-refractivity contribution < 1.29 is 53.4 Å². The van der Waals surface area contributed by atoms with Crippen LogP contribution in [0.15, 0.2) is 121 Å². The minimum atomic E-state index is -1.13. The molecule has 16 nitrogen and oxygen atoms in total. The second-order valence-corrected chi connectivity index (χ2v) is 15.6. The highest BCUT2D eigenvalue weighted by atomic mass is 16.5. The lowest BCUT2D eigenvalue weighted by Crippen LogP contribution is -2.24. The Morgan fingerprint density at radius 2 is 0.710 bits per heavy atom. The summed E-state index contributed by atoms with van der Waals surface area (Å²) in [6.45, 7) is -1.83. The summed E-state index contributed by atoms with van der Waals surface area (Å²) >= 11 is 0. The largest absolute Gasteiger partial charge is 0.484 e. The molecule has 2 aliphatic rings. The van der Waals surface area contributed by atoms with Gasteiger partial charge < -0.3 is 49.6 Å². The van der Waals surface area contributed by atoms with Gasteiger partial charge in [-0.15, -0.1) is 0 Å². The van der Waals surface area contributed by atoms with Gasteiger partial charge in [-0.2, -0.15) is 0 Å². The molecule has 0 spiro atoms. The molecule has 2 aliphatic heterocycles. The third-order valence-corrected chi connectivity index (χ3v) is 11.0. The molecule has 7 aromatic rings. The number of aliphatic carboxylic acids is 3. The zero-order valence-electron chi connectivity index (χ0n) is 36.7. The fourth-order valence-corrected chi connectivity index (χ4v) is 8.04. The summed E-state index contributed by atoms with van der Waals surface area (Å²) in [5, 5.41) is 30.8. The number of aromatic amines is 2. The van der Waals surface area contributed by atoms with Crippen LogP contribution in [-0.4, -0.2) is 92.5 Å². The molecule has 0 unspecified atom stereocenters. The maximum atomic E-state index is 12.2. The highest BCUT2D eigenvalue weighted by molar-refractivity contribution is 6.00. The lowest BCUT2D eigenvalue weighted by molar-refractivity contribution is -0.140. The number of nitrogens with zero attached hydrogens (tertiary/aromatic N) is 2. The summed E-state index contributed by atoms with van der Waals surface area (Å²) in [6.07, 6.45) is 7.55. The fraction of sp³-hybridized carbons (Fsp3) is 0.0943. The van der Waals surface area contributed by atoms with Gasteiger partial charge in [0.15, 0.2) is 26.4 Å². The number of ether oxygens (including phenoxy) is 4. The van der Waals surface area contributed by atoms with Crippen LogP contribution in [0.1, 0.15) is 22.8 Å². The first-order valence-electron chi connectivity index (χ1n) is 21.4. The Morgan fingerprint density at radius 3 is 0.971 bits per heavy atom. The minimum absolute atomic E-state index is 0.197. The van der Waals surface area contributed by atoms with Crippen molar-refractivity contribution in [3.8, 4) is 67.5 Å². The number of hydrogen-bond acceptors (Lipinski definition) is 10. The smallest absolute Gasteiger partial charge is 0.341 e. The van der Waals surface area contributed by atoms with E-state index < -0.39 is 37.7 Å². The first kappa shape index (κ1) is 44.7. The number of likely N-dealkylation sites (N-methyl/N-ethyl adjacent to an activating group) is 1. The number of aromatic nitrogens is 4. The van der Waals surface area contributed by atoms with Crippen LogP contribution in [0.5, 0.6) is 23.0 Å². The third kappa shape index (κ3) is 10.0. The molecular formula is C53H41N5O11. The van der Waals surface area contributed by atoms with Crippen LogP contribution in [0.2, 0.25) is 0 Å². The fourth-order valence-electron chi connectivity index (χ4n) is 8.04. The van der Waals surface area contributed by atoms with Gasteiger partial charge in [0.05, 0.1) is 22.8 Å². The van der Waals surface area contributed by atoms with E-state index in [0.29, 0.717) is 112 Å². The molecule has 6 N–H and O–H groups in total. The maximum absolute atomic E-state index is 12.2. The number of rotatable bonds is 16. The molecule has 9 rings (SSSR count). The molecule has 0 atom stereocenters. The van der Waals surface area contributed by atoms with E-state index in [9.17, 15) is 34.5 Å². The van der Waals surface area contributed by atoms with E-state index >= 15 is 0 Å². The first-order valence-corrected chi connectivity index (χ1v) is 21.4. The lowest BCUT2D eigenvalue weighted by atomic mass is 10.0. The molecule has 4 aromatic carbocycles. The normalized spacial score (nSPS) is 11.5. The standard InChI is InChI=1S/C53H41N5O11/c1-54-46(59)26-66-34-10-2-6-30(22-34)50-38-14-16-40(55-38)51(31-7-3-11-35(23-31)67-27-47(60)61)42-18-20-44(57-42)53(33-9-5-13-37(25-33)69-29-49(64)65)45-21-19-43(58-45)52(41-17-15-39(50)56-41)32-8-4-12-36(24-32)68-28-48(62)63/h2-25,55,58H,26-29H2,1H3,(H,54,59)(H,60,61)(H,62,63)(H,64,65). The molecule has 0 saturated heterocycles. The Morgan fingerprint density at radius 1 is 0.435 bits per heavy atom. The van der Waals surface area contributed by atoms with E-state index in [0.717, 1.165) is 0 Å². The van der Waals surface area contributed by atoms with Crippen LogP contribution in [0, 0.1) is 0 Å². The van der Waals surface area contributed by atoms with Crippen LogP contribution in [0.3, 0.4) is 0 Å². The topological polar surface area (TPSA) is 235 Å². The van der Waals surface area contributed by atoms with Crippen LogP contribution in [-0.2, 0) is 19.2 Å². The third-order valence-electron chi connectivity index (χ3n) is 11.0. The van der Waals surface area contributed by atoms with Crippen molar-refractivity contribution in [3.05, 3.63) is 144 Å². The van der Waals surface area contributed by atoms with E-state index in [2.05, 4.69) is 15.3 Å². The van der Waals surface area contributed by atoms with Crippen molar-refractivity contribution >= 4 is 70.2 Å². The van der Waals surface area contributed by atoms with Gasteiger partial charge in [-0.25, -0.2) is 24.4 Å². The zero-order valence-corrected chi connectivity index (χ0v) is 36.7. The van der Waals surface area contributed by atoms with Crippen LogP contribution >= 0.6 is 0 Å². The Labute approximate surface area is 392 Å². The van der Waals surface area contributed by atoms with Gasteiger partial charge >= 0.3 is 17.9 Å². The van der Waals surface area contributed by atoms with E-state index in [4.69, 9.17) is 28.9 Å². The van der Waals surface area contributed by atoms with E-state index in [-0.39, 0.29) is 12.5 Å². The summed E-state index contributed by atoms with van der Waals surface area (Å²) in [5.41, 5.74) is 10.1. The van der Waals surface area contributed by atoms with Gasteiger partial charge in [-0.1, -0.05) is 48.5 Å². The summed E-state index contributed by atoms with van der Waals surface area (Å²) in [7, 11) is 1.53. The number of carbonyl (C=O) groups excluding carboxylic acids is 1. The number of carboxylic acid groups (broad SMARTS) is 3. The highest BCUT2D eigenvalue weighted by Crippen LogP contribution is 2.40. The van der Waals surface area contributed by atoms with Crippen molar-refractivity contribution in [2.75, 3.05) is 33.5 Å². The molecule has 0 saturated carbocycles. The zero-order chi connectivity index (χ0) is 48.0. The molecule has 3 aromatic heterocycles. The molecule has 0 aliphatic carbocycles. The number of amides is 1. The van der Waals surface area contributed by atoms with E-state index in [1.54, 1.807) is 60.7 Å². The van der Waals surface area contributed by atoms with Gasteiger partial charge in [0, 0.05) is 51.4 Å². The number of hydrogen-bond donors (Lipinski definition) is 6. The Bertz CT molecular complexity index is 3370. The maximum Gasteiger partial charge on any atom is 0.341 e. The summed E-state index contributed by atoms with van der Waals surface area (Å²) in [5.74, 6) is -2.24. The van der Waals surface area contributed by atoms with Gasteiger partial charge in [-0.05, 0) is 119 Å². The van der Waals surface area contributed by atoms with Crippen molar-refractivity contribution in [2.24, 2.45) is 0 Å². The molecule has 5 heterocycles. The molecule has 16 heteroatoms. The number of nitrogens with one attached hydrogen (secondary N) is 3. The quantitative estimate of drug-likeness (QED) is 0.0532. The van der Waals surface area contributed by atoms with Crippen LogP contribution in [0.25, 0.3) is 90.9 Å². The summed E-state index contributed by atoms with van der Waals surface area (Å²) < 4.78 is 22.8. The monoisotopic (exact) mass is 923 g/mol. The Hall–Kier alpha value is -9.44. The second kappa shape index (κ2) is 19.6. The number of H-pyrrole nitrogens is 2. The average Bonchev–Trinajstić information content (AvgIpc) is 4.20. The molecule has 1 amide bonds. The number of fused-ring (bicyclic) bond motifs is 8. The number of carboxylic acids is 3. The van der Waals surface area contributed by atoms with E-state index in [1.807, 2.05) is 85.0 Å². The second-order valence-electron chi connectivity index (χ2n) is 15.6. The summed E-state index contributed by atoms with van der Waals surface area (Å²) in [4.78, 5) is 64.6. The SMILES string of the molecule is CNC(=O)COc1cccc(-c2c3nc(c(-c4cccc(OCC(=O)O)c4)c4ccc([nH]4)c(-c4cccc(OCC(=O)O)c4)c4nc(c(-c5cccc(OCC(=O)O)c5)c5ccc2[nH]5)C=C4)C=C3)c1. The minimum Gasteiger partial charge on any atom is -0.484 e. The number of benzene rings is 4. The van der Waals surface area contributed by atoms with Crippen molar-refractivity contribution in [3.63, 3.8) is 0 Å². The van der Waals surface area contributed by atoms with Gasteiger partial charge in [0.2, 0.25) is 0 Å². The molecule has 69 heavy (non-hydrogen) atoms. The van der Waals surface area contributed by atoms with Gasteiger partial charge in [-0.3, -0.25) is 4.79 Å². The molecule has 0 fully saturated rings. The Kier molecular flexibility index (Phi) is 12.7. The van der Waals surface area contributed by atoms with Crippen LogP contribution < -0.4 is 24.3 Å². The molecule has 344 valence electrons. The summed E-state index contributed by atoms with van der Waals surface area (Å²) in [6, 6.07) is 36.2. The van der Waals surface area contributed by atoms with Crippen LogP contribution in [0.4, 0.5) is 0 Å². The van der Waals surface area contributed by atoms with E-state index in [1.165, 1.54) is 7.05 Å². The van der Waals surface area contributed by atoms with Crippen molar-refractivity contribution in [1.82, 2.24) is 25.3 Å². The first-order chi connectivity index (χ1) is 33.5.